The predicted molar refractivity (Wildman–Crippen MR) is 123 cm³/mol. The number of carboxylic acids is 2. The molecule has 0 saturated carbocycles. The number of H-pyrrole nitrogens is 1. The standard InChI is InChI=1S/C22H34N6O7/c1-12(2)8-15(19(31)27-16(22(34)35)9-13-10-24-11-25-13)26-20(32)17-4-3-7-28(17)21(33)14(23)5-6-18(29)30/h10-12,14-17H,3-9,23H2,1-2H3,(H,24,25)(H,26,32)(H,27,31)(H,29,30)(H,34,35). The molecule has 0 aromatic carbocycles. The summed E-state index contributed by atoms with van der Waals surface area (Å²) in [7, 11) is 0. The first-order chi connectivity index (χ1) is 16.5. The average molecular weight is 495 g/mol. The largest absolute Gasteiger partial charge is 0.481 e. The highest BCUT2D eigenvalue weighted by Crippen LogP contribution is 2.20. The van der Waals surface area contributed by atoms with E-state index in [0.29, 0.717) is 25.1 Å². The van der Waals surface area contributed by atoms with E-state index in [1.165, 1.54) is 17.4 Å². The van der Waals surface area contributed by atoms with Crippen molar-refractivity contribution in [3.8, 4) is 0 Å². The Hall–Kier alpha value is -3.48. The van der Waals surface area contributed by atoms with E-state index in [2.05, 4.69) is 20.6 Å². The van der Waals surface area contributed by atoms with E-state index in [4.69, 9.17) is 10.8 Å². The lowest BCUT2D eigenvalue weighted by molar-refractivity contribution is -0.143. The third kappa shape index (κ3) is 8.35. The molecule has 4 atom stereocenters. The number of nitrogens with zero attached hydrogens (tertiary/aromatic N) is 2. The molecule has 7 N–H and O–H groups in total. The van der Waals surface area contributed by atoms with Crippen molar-refractivity contribution < 1.29 is 34.2 Å². The highest BCUT2D eigenvalue weighted by molar-refractivity contribution is 5.94. The predicted octanol–water partition coefficient (Wildman–Crippen LogP) is -0.764. The summed E-state index contributed by atoms with van der Waals surface area (Å²) in [6.07, 6.45) is 3.72. The molecule has 35 heavy (non-hydrogen) atoms. The zero-order valence-electron chi connectivity index (χ0n) is 19.9. The van der Waals surface area contributed by atoms with Crippen LogP contribution in [0, 0.1) is 5.92 Å². The van der Waals surface area contributed by atoms with Crippen molar-refractivity contribution in [2.24, 2.45) is 11.7 Å². The third-order valence-electron chi connectivity index (χ3n) is 5.76. The Balaban J connectivity index is 2.07. The molecule has 2 heterocycles. The van der Waals surface area contributed by atoms with Crippen LogP contribution in [0.5, 0.6) is 0 Å². The lowest BCUT2D eigenvalue weighted by atomic mass is 10.0. The quantitative estimate of drug-likeness (QED) is 0.203. The number of aromatic amines is 1. The van der Waals surface area contributed by atoms with Crippen LogP contribution in [0.15, 0.2) is 12.5 Å². The van der Waals surface area contributed by atoms with Gasteiger partial charge in [0.2, 0.25) is 17.7 Å². The SMILES string of the molecule is CC(C)CC(NC(=O)C1CCCN1C(=O)C(N)CCC(=O)O)C(=O)NC(Cc1cnc[nH]1)C(=O)O. The molecular formula is C22H34N6O7. The minimum Gasteiger partial charge on any atom is -0.481 e. The maximum absolute atomic E-state index is 13.1. The Morgan fingerprint density at radius 2 is 1.91 bits per heavy atom. The summed E-state index contributed by atoms with van der Waals surface area (Å²) in [6.45, 7) is 4.02. The molecule has 13 nitrogen and oxygen atoms in total. The number of aliphatic carboxylic acids is 2. The van der Waals surface area contributed by atoms with Crippen LogP contribution in [0.3, 0.4) is 0 Å². The first-order valence-electron chi connectivity index (χ1n) is 11.6. The number of imidazole rings is 1. The molecule has 0 radical (unpaired) electrons. The van der Waals surface area contributed by atoms with E-state index in [0.717, 1.165) is 0 Å². The van der Waals surface area contributed by atoms with Crippen LogP contribution in [0.1, 0.15) is 51.6 Å². The number of carboxylic acid groups (broad SMARTS) is 2. The van der Waals surface area contributed by atoms with Gasteiger partial charge < -0.3 is 36.5 Å². The van der Waals surface area contributed by atoms with Gasteiger partial charge in [-0.15, -0.1) is 0 Å². The van der Waals surface area contributed by atoms with Gasteiger partial charge in [0.05, 0.1) is 12.4 Å². The van der Waals surface area contributed by atoms with Crippen LogP contribution >= 0.6 is 0 Å². The number of hydrogen-bond donors (Lipinski definition) is 6. The van der Waals surface area contributed by atoms with Gasteiger partial charge in [-0.25, -0.2) is 9.78 Å². The Kier molecular flexibility index (Phi) is 10.2. The van der Waals surface area contributed by atoms with Gasteiger partial charge in [-0.2, -0.15) is 0 Å². The fourth-order valence-electron chi connectivity index (χ4n) is 3.98. The minimum absolute atomic E-state index is 0.00712. The van der Waals surface area contributed by atoms with Crippen molar-refractivity contribution in [2.45, 2.75) is 76.5 Å². The second kappa shape index (κ2) is 12.8. The molecule has 0 aliphatic carbocycles. The van der Waals surface area contributed by atoms with E-state index in [1.54, 1.807) is 0 Å². The lowest BCUT2D eigenvalue weighted by Crippen LogP contribution is -2.57. The molecule has 1 aromatic rings. The molecule has 4 unspecified atom stereocenters. The van der Waals surface area contributed by atoms with Gasteiger partial charge in [0.1, 0.15) is 18.1 Å². The molecular weight excluding hydrogens is 460 g/mol. The monoisotopic (exact) mass is 494 g/mol. The van der Waals surface area contributed by atoms with Gasteiger partial charge in [-0.05, 0) is 31.6 Å². The Labute approximate surface area is 202 Å². The summed E-state index contributed by atoms with van der Waals surface area (Å²) in [5.74, 6) is -3.99. The van der Waals surface area contributed by atoms with Crippen LogP contribution in [-0.4, -0.2) is 85.5 Å². The maximum Gasteiger partial charge on any atom is 0.326 e. The fourth-order valence-corrected chi connectivity index (χ4v) is 3.98. The van der Waals surface area contributed by atoms with E-state index in [9.17, 15) is 29.1 Å². The topological polar surface area (TPSA) is 208 Å². The molecule has 1 aromatic heterocycles. The van der Waals surface area contributed by atoms with Crippen molar-refractivity contribution in [1.82, 2.24) is 25.5 Å². The molecule has 1 saturated heterocycles. The second-order valence-corrected chi connectivity index (χ2v) is 9.10. The normalized spacial score (nSPS) is 18.1. The summed E-state index contributed by atoms with van der Waals surface area (Å²) in [5, 5.41) is 23.5. The Morgan fingerprint density at radius 3 is 2.49 bits per heavy atom. The third-order valence-corrected chi connectivity index (χ3v) is 5.76. The van der Waals surface area contributed by atoms with Gasteiger partial charge in [0.25, 0.3) is 0 Å². The highest BCUT2D eigenvalue weighted by Gasteiger charge is 2.38. The molecule has 2 rings (SSSR count). The summed E-state index contributed by atoms with van der Waals surface area (Å²) in [6, 6.07) is -4.13. The summed E-state index contributed by atoms with van der Waals surface area (Å²) in [5.41, 5.74) is 6.38. The van der Waals surface area contributed by atoms with Crippen LogP contribution in [0.25, 0.3) is 0 Å². The molecule has 0 bridgehead atoms. The van der Waals surface area contributed by atoms with Gasteiger partial charge in [0, 0.05) is 31.3 Å². The molecule has 13 heteroatoms. The van der Waals surface area contributed by atoms with Crippen LogP contribution in [0.2, 0.25) is 0 Å². The Morgan fingerprint density at radius 1 is 1.20 bits per heavy atom. The van der Waals surface area contributed by atoms with Crippen molar-refractivity contribution >= 4 is 29.7 Å². The number of aromatic nitrogens is 2. The number of nitrogens with one attached hydrogen (secondary N) is 3. The first-order valence-corrected chi connectivity index (χ1v) is 11.6. The van der Waals surface area contributed by atoms with Crippen molar-refractivity contribution in [2.75, 3.05) is 6.54 Å². The summed E-state index contributed by atoms with van der Waals surface area (Å²) in [4.78, 5) is 69.2. The number of carbonyl (C=O) groups is 5. The van der Waals surface area contributed by atoms with Crippen molar-refractivity contribution in [3.63, 3.8) is 0 Å². The van der Waals surface area contributed by atoms with Crippen LogP contribution in [0.4, 0.5) is 0 Å². The van der Waals surface area contributed by atoms with Gasteiger partial charge >= 0.3 is 11.9 Å². The second-order valence-electron chi connectivity index (χ2n) is 9.10. The van der Waals surface area contributed by atoms with E-state index in [-0.39, 0.29) is 31.6 Å². The summed E-state index contributed by atoms with van der Waals surface area (Å²) < 4.78 is 0. The van der Waals surface area contributed by atoms with E-state index in [1.807, 2.05) is 13.8 Å². The molecule has 3 amide bonds. The van der Waals surface area contributed by atoms with Gasteiger partial charge in [-0.3, -0.25) is 19.2 Å². The highest BCUT2D eigenvalue weighted by atomic mass is 16.4. The molecule has 0 spiro atoms. The molecule has 1 fully saturated rings. The van der Waals surface area contributed by atoms with E-state index >= 15 is 0 Å². The van der Waals surface area contributed by atoms with Gasteiger partial charge in [0.15, 0.2) is 0 Å². The number of carbonyl (C=O) groups excluding carboxylic acids is 3. The lowest BCUT2D eigenvalue weighted by Gasteiger charge is -2.29. The maximum atomic E-state index is 13.1. The summed E-state index contributed by atoms with van der Waals surface area (Å²) >= 11 is 0. The first kappa shape index (κ1) is 27.8. The fraction of sp³-hybridized carbons (Fsp3) is 0.636. The number of likely N-dealkylation sites (tertiary alicyclic amines) is 1. The molecule has 1 aliphatic heterocycles. The average Bonchev–Trinajstić information content (AvgIpc) is 3.47. The zero-order valence-corrected chi connectivity index (χ0v) is 19.9. The molecule has 194 valence electrons. The van der Waals surface area contributed by atoms with Crippen molar-refractivity contribution in [3.05, 3.63) is 18.2 Å². The molecule has 1 aliphatic rings. The zero-order chi connectivity index (χ0) is 26.1. The number of nitrogens with two attached hydrogens (primary N) is 1. The Bertz CT molecular complexity index is 904. The minimum atomic E-state index is -1.23. The number of hydrogen-bond acceptors (Lipinski definition) is 7. The van der Waals surface area contributed by atoms with Crippen LogP contribution < -0.4 is 16.4 Å². The van der Waals surface area contributed by atoms with Crippen LogP contribution in [-0.2, 0) is 30.4 Å². The number of rotatable bonds is 13. The van der Waals surface area contributed by atoms with E-state index < -0.39 is 53.8 Å². The smallest absolute Gasteiger partial charge is 0.326 e. The van der Waals surface area contributed by atoms with Crippen molar-refractivity contribution in [1.29, 1.82) is 0 Å². The van der Waals surface area contributed by atoms with Gasteiger partial charge in [-0.1, -0.05) is 13.8 Å². The number of amides is 3.